The largest absolute Gasteiger partial charge is 0.483 e. The molecule has 1 heterocycles. The number of carboxylic acids is 1. The number of unbranched alkanes of at least 4 members (excludes halogenated alkanes) is 6. The SMILES string of the molecule is CCCCCCCCCOC=N[C@@H](Cc1c[nH]c2ccccc12)C(=O)N[C@H](CC(=O)NC(C)(C)C)C(=O)Oc1c(F)c(F)c(F)c(F)c1F.CCl.COC(=O)[C@H](C)CC(=O)NC(C)(C)C.C[C@H](CC(=O)NC(C)(C)C)C(=O)O.S.[U]. The number of hydrogen-bond acceptors (Lipinski definition) is 11. The Hall–Kier alpha value is -4.92. The molecule has 0 aliphatic rings. The van der Waals surface area contributed by atoms with Crippen LogP contribution in [0.15, 0.2) is 35.5 Å². The summed E-state index contributed by atoms with van der Waals surface area (Å²) in [6.45, 7) is 21.9. The number of nitrogens with one attached hydrogen (secondary N) is 5. The van der Waals surface area contributed by atoms with Crippen LogP contribution in [0.5, 0.6) is 5.75 Å². The number of H-pyrrole nitrogens is 1. The number of ether oxygens (including phenoxy) is 3. The first-order chi connectivity index (χ1) is 36.2. The van der Waals surface area contributed by atoms with Crippen molar-refractivity contribution in [1.82, 2.24) is 26.3 Å². The molecular weight excluding hydrogens is 1320 g/mol. The average molecular weight is 1410 g/mol. The molecule has 17 nitrogen and oxygen atoms in total. The zero-order valence-corrected chi connectivity index (χ0v) is 54.4. The van der Waals surface area contributed by atoms with E-state index in [2.05, 4.69) is 59.2 Å². The number of methoxy groups -OCH3 is 1. The van der Waals surface area contributed by atoms with E-state index in [9.17, 15) is 55.5 Å². The van der Waals surface area contributed by atoms with E-state index < -0.39 is 88.5 Å². The number of alkyl halides is 1. The minimum Gasteiger partial charge on any atom is -0.483 e. The fraction of sp³-hybridized carbons (Fsp3) is 0.600. The topological polar surface area (TPSA) is 244 Å². The first-order valence-corrected chi connectivity index (χ1v) is 26.3. The minimum atomic E-state index is -2.45. The number of halogens is 6. The fourth-order valence-corrected chi connectivity index (χ4v) is 6.86. The van der Waals surface area contributed by atoms with E-state index in [1.54, 1.807) is 33.9 Å². The number of rotatable bonds is 24. The van der Waals surface area contributed by atoms with Gasteiger partial charge in [-0.15, -0.1) is 11.6 Å². The summed E-state index contributed by atoms with van der Waals surface area (Å²) >= 11 is 4.64. The number of carbonyl (C=O) groups is 7. The van der Waals surface area contributed by atoms with Crippen LogP contribution in [0.4, 0.5) is 22.0 Å². The molecule has 0 aliphatic carbocycles. The number of aliphatic carboxylic acids is 1. The van der Waals surface area contributed by atoms with Crippen molar-refractivity contribution in [3.05, 3.63) is 65.1 Å². The summed E-state index contributed by atoms with van der Waals surface area (Å²) in [6.07, 6.45) is 11.2. The third-order valence-electron chi connectivity index (χ3n) is 10.5. The van der Waals surface area contributed by atoms with Crippen molar-refractivity contribution >= 4 is 83.9 Å². The monoisotopic (exact) mass is 1400 g/mol. The molecule has 452 valence electrons. The van der Waals surface area contributed by atoms with Gasteiger partial charge in [0.05, 0.1) is 32.0 Å². The summed E-state index contributed by atoms with van der Waals surface area (Å²) in [5, 5.41) is 19.7. The standard InChI is InChI=1S/C35H43F5N4O5.C10H19NO3.C9H17NO3.CH3Cl.H2S.U/c1-5-6-7-8-9-10-13-16-48-20-42-24(17-21-19-41-23-15-12-11-14-22(21)23)33(46)43-25(18-26(45)44-35(2,3)4)34(47)49-32-30(39)28(37)27(36)29(38)31(32)40;1-7(9(13)14-5)6-8(12)11-10(2,3)4;1-6(8(12)13)5-7(11)10-9(2,3)4;1-2;;/h11-12,14-15,19-20,24-25,41H,5-10,13,16-18H2,1-4H3,(H,43,46)(H,44,45);7H,6H2,1-5H3,(H,11,12);6H,5H2,1-4H3,(H,10,11)(H,12,13);1H3;1H2;/t24-,25+;7-;6-;;;/m011.../s1. The number of fused-ring (bicyclic) bond motifs is 1. The van der Waals surface area contributed by atoms with E-state index in [-0.39, 0.29) is 98.7 Å². The first-order valence-electron chi connectivity index (χ1n) is 25.5. The Balaban J connectivity index is -0.00000157. The van der Waals surface area contributed by atoms with Gasteiger partial charge in [-0.05, 0) is 80.4 Å². The van der Waals surface area contributed by atoms with Gasteiger partial charge in [0, 0.05) is 90.5 Å². The maximum Gasteiger partial charge on any atom is 0.334 e. The molecule has 0 radical (unpaired) electrons. The van der Waals surface area contributed by atoms with E-state index >= 15 is 0 Å². The number of benzene rings is 2. The Labute approximate surface area is 503 Å². The van der Waals surface area contributed by atoms with Gasteiger partial charge in [0.2, 0.25) is 58.5 Å². The van der Waals surface area contributed by atoms with Gasteiger partial charge in [-0.3, -0.25) is 28.8 Å². The number of aromatic nitrogens is 1. The normalized spacial score (nSPS) is 12.6. The van der Waals surface area contributed by atoms with Crippen LogP contribution in [-0.4, -0.2) is 107 Å². The van der Waals surface area contributed by atoms with Crippen molar-refractivity contribution < 1.29 is 106 Å². The van der Waals surface area contributed by atoms with Crippen LogP contribution in [0.1, 0.15) is 153 Å². The second kappa shape index (κ2) is 39.5. The van der Waals surface area contributed by atoms with Gasteiger partial charge in [0.25, 0.3) is 0 Å². The van der Waals surface area contributed by atoms with E-state index in [0.29, 0.717) is 12.2 Å². The number of aliphatic imine (C=N–C) groups is 1. The molecule has 0 fully saturated rings. The molecule has 0 bridgehead atoms. The molecule has 0 saturated heterocycles. The van der Waals surface area contributed by atoms with E-state index in [0.717, 1.165) is 49.4 Å². The first kappa shape index (κ1) is 79.3. The Morgan fingerprint density at radius 1 is 0.688 bits per heavy atom. The van der Waals surface area contributed by atoms with Crippen molar-refractivity contribution in [2.24, 2.45) is 16.8 Å². The van der Waals surface area contributed by atoms with Crippen LogP contribution in [0.25, 0.3) is 10.9 Å². The molecule has 0 saturated carbocycles. The van der Waals surface area contributed by atoms with Crippen LogP contribution in [0.3, 0.4) is 0 Å². The van der Waals surface area contributed by atoms with E-state index in [1.165, 1.54) is 33.3 Å². The predicted molar refractivity (Wildman–Crippen MR) is 300 cm³/mol. The molecule has 3 rings (SSSR count). The van der Waals surface area contributed by atoms with Gasteiger partial charge in [0.15, 0.2) is 6.40 Å². The molecule has 1 aromatic heterocycles. The molecule has 0 unspecified atom stereocenters. The van der Waals surface area contributed by atoms with Gasteiger partial charge >= 0.3 is 17.9 Å². The van der Waals surface area contributed by atoms with Crippen LogP contribution in [0.2, 0.25) is 0 Å². The van der Waals surface area contributed by atoms with Gasteiger partial charge < -0.3 is 45.6 Å². The molecule has 0 aliphatic heterocycles. The minimum absolute atomic E-state index is 0. The maximum atomic E-state index is 14.4. The van der Waals surface area contributed by atoms with Crippen molar-refractivity contribution in [1.29, 1.82) is 0 Å². The Bertz CT molecular complexity index is 2420. The number of para-hydroxylation sites is 1. The van der Waals surface area contributed by atoms with Crippen molar-refractivity contribution in [3.63, 3.8) is 0 Å². The second-order valence-electron chi connectivity index (χ2n) is 21.4. The summed E-state index contributed by atoms with van der Waals surface area (Å²) in [4.78, 5) is 91.0. The average Bonchev–Trinajstić information content (AvgIpc) is 3.75. The summed E-state index contributed by atoms with van der Waals surface area (Å²) in [5.41, 5.74) is 0.138. The Morgan fingerprint density at radius 3 is 1.61 bits per heavy atom. The number of esters is 2. The molecule has 4 amide bonds. The van der Waals surface area contributed by atoms with Crippen LogP contribution >= 0.6 is 25.1 Å². The van der Waals surface area contributed by atoms with Gasteiger partial charge in [-0.25, -0.2) is 23.0 Å². The van der Waals surface area contributed by atoms with Crippen LogP contribution in [-0.2, 0) is 49.5 Å². The van der Waals surface area contributed by atoms with Crippen molar-refractivity contribution in [2.45, 2.75) is 182 Å². The van der Waals surface area contributed by atoms with E-state index in [4.69, 9.17) is 9.84 Å². The van der Waals surface area contributed by atoms with Crippen LogP contribution < -0.4 is 26.0 Å². The Morgan fingerprint density at radius 2 is 1.14 bits per heavy atom. The number of hydrogen-bond donors (Lipinski definition) is 6. The number of amides is 4. The molecule has 0 spiro atoms. The third kappa shape index (κ3) is 32.5. The molecule has 2 aromatic carbocycles. The third-order valence-corrected chi connectivity index (χ3v) is 10.5. The smallest absolute Gasteiger partial charge is 0.334 e. The summed E-state index contributed by atoms with van der Waals surface area (Å²) < 4.78 is 84.6. The molecule has 4 atom stereocenters. The maximum absolute atomic E-state index is 14.4. The fourth-order valence-electron chi connectivity index (χ4n) is 6.86. The molecular formula is C55H84ClF5N6O11SU. The Kier molecular flexibility index (Phi) is 39.2. The molecule has 6 N–H and O–H groups in total. The van der Waals surface area contributed by atoms with Crippen molar-refractivity contribution in [3.8, 4) is 5.75 Å². The zero-order valence-electron chi connectivity index (χ0n) is 48.5. The number of nitrogens with zero attached hydrogens (tertiary/aromatic N) is 1. The predicted octanol–water partition coefficient (Wildman–Crippen LogP) is 10.0. The quantitative estimate of drug-likeness (QED) is 0.00567. The molecule has 80 heavy (non-hydrogen) atoms. The van der Waals surface area contributed by atoms with Gasteiger partial charge in [-0.1, -0.05) is 77.5 Å². The van der Waals surface area contributed by atoms with E-state index in [1.807, 2.05) is 65.8 Å². The summed E-state index contributed by atoms with van der Waals surface area (Å²) in [7, 11) is 1.32. The van der Waals surface area contributed by atoms with Gasteiger partial charge in [-0.2, -0.15) is 22.3 Å². The van der Waals surface area contributed by atoms with Gasteiger partial charge in [0.1, 0.15) is 12.1 Å². The summed E-state index contributed by atoms with van der Waals surface area (Å²) in [6, 6.07) is 4.15. The summed E-state index contributed by atoms with van der Waals surface area (Å²) in [5.74, 6) is -19.8. The number of aromatic amines is 1. The van der Waals surface area contributed by atoms with Crippen LogP contribution in [0, 0.1) is 72.0 Å². The van der Waals surface area contributed by atoms with Crippen molar-refractivity contribution in [2.75, 3.05) is 20.1 Å². The zero-order chi connectivity index (χ0) is 60.1. The second-order valence-corrected chi connectivity index (χ2v) is 21.4. The molecule has 3 aromatic rings. The number of carbonyl (C=O) groups excluding carboxylic acids is 6. The number of carboxylic acid groups (broad SMARTS) is 1. The molecule has 25 heteroatoms.